The van der Waals surface area contributed by atoms with Crippen molar-refractivity contribution >= 4 is 11.9 Å². The van der Waals surface area contributed by atoms with Gasteiger partial charge < -0.3 is 19.3 Å². The lowest BCUT2D eigenvalue weighted by molar-refractivity contribution is 0.0600. The normalized spacial score (nSPS) is 16.5. The van der Waals surface area contributed by atoms with Gasteiger partial charge in [0.15, 0.2) is 0 Å². The molecule has 1 atom stereocenters. The van der Waals surface area contributed by atoms with Gasteiger partial charge in [-0.2, -0.15) is 0 Å². The molecule has 2 aromatic carbocycles. The molecule has 31 heavy (non-hydrogen) atoms. The lowest BCUT2D eigenvalue weighted by Crippen LogP contribution is -2.42. The van der Waals surface area contributed by atoms with Crippen LogP contribution in [0.3, 0.4) is 0 Å². The van der Waals surface area contributed by atoms with Crippen molar-refractivity contribution in [2.75, 3.05) is 47.4 Å². The average molecular weight is 425 g/mol. The van der Waals surface area contributed by atoms with Gasteiger partial charge in [-0.1, -0.05) is 18.2 Å². The van der Waals surface area contributed by atoms with E-state index in [9.17, 15) is 9.59 Å². The zero-order valence-electron chi connectivity index (χ0n) is 18.7. The third kappa shape index (κ3) is 6.31. The Balaban J connectivity index is 1.52. The Kier molecular flexibility index (Phi) is 8.06. The van der Waals surface area contributed by atoms with Crippen LogP contribution >= 0.6 is 0 Å². The molecule has 166 valence electrons. The summed E-state index contributed by atoms with van der Waals surface area (Å²) >= 11 is 0. The summed E-state index contributed by atoms with van der Waals surface area (Å²) in [7, 11) is 4.86. The third-order valence-corrected chi connectivity index (χ3v) is 5.89. The summed E-state index contributed by atoms with van der Waals surface area (Å²) in [6.45, 7) is 3.82. The fraction of sp³-hybridized carbons (Fsp3) is 0.440. The number of hydrogen-bond acceptors (Lipinski definition) is 5. The number of carbonyl (C=O) groups excluding carboxylic acids is 2. The largest absolute Gasteiger partial charge is 0.497 e. The summed E-state index contributed by atoms with van der Waals surface area (Å²) in [6.07, 6.45) is 3.28. The van der Waals surface area contributed by atoms with Crippen LogP contribution in [0.5, 0.6) is 5.75 Å². The van der Waals surface area contributed by atoms with Crippen LogP contribution in [-0.4, -0.2) is 69.1 Å². The van der Waals surface area contributed by atoms with E-state index in [0.29, 0.717) is 23.6 Å². The molecular weight excluding hydrogens is 392 g/mol. The number of benzene rings is 2. The monoisotopic (exact) mass is 424 g/mol. The van der Waals surface area contributed by atoms with Crippen LogP contribution < -0.4 is 4.74 Å². The second-order valence-corrected chi connectivity index (χ2v) is 8.16. The highest BCUT2D eigenvalue weighted by atomic mass is 16.5. The molecular formula is C25H32N2O4. The van der Waals surface area contributed by atoms with Gasteiger partial charge >= 0.3 is 5.97 Å². The molecule has 6 heteroatoms. The zero-order chi connectivity index (χ0) is 22.2. The molecule has 1 unspecified atom stereocenters. The van der Waals surface area contributed by atoms with Crippen molar-refractivity contribution in [3.63, 3.8) is 0 Å². The van der Waals surface area contributed by atoms with Crippen molar-refractivity contribution in [3.8, 4) is 5.75 Å². The van der Waals surface area contributed by atoms with Crippen LogP contribution in [0.25, 0.3) is 0 Å². The second-order valence-electron chi connectivity index (χ2n) is 8.16. The van der Waals surface area contributed by atoms with E-state index in [1.165, 1.54) is 12.7 Å². The summed E-state index contributed by atoms with van der Waals surface area (Å²) in [4.78, 5) is 28.9. The summed E-state index contributed by atoms with van der Waals surface area (Å²) in [5, 5.41) is 0. The van der Waals surface area contributed by atoms with Gasteiger partial charge in [0.2, 0.25) is 0 Å². The van der Waals surface area contributed by atoms with Gasteiger partial charge in [-0.25, -0.2) is 4.79 Å². The Bertz CT molecular complexity index is 881. The zero-order valence-corrected chi connectivity index (χ0v) is 18.7. The van der Waals surface area contributed by atoms with Gasteiger partial charge in [0.1, 0.15) is 5.75 Å². The number of piperidine rings is 1. The van der Waals surface area contributed by atoms with Gasteiger partial charge in [0, 0.05) is 32.2 Å². The Labute approximate surface area is 184 Å². The molecule has 1 aliphatic heterocycles. The standard InChI is InChI=1S/C25H32N2O4/c1-26(24(28)21-7-4-8-22(16-21)25(29)31-3)17-20-6-5-14-27(18-20)15-13-19-9-11-23(30-2)12-10-19/h4,7-12,16,20H,5-6,13-15,17-18H2,1-3H3. The van der Waals surface area contributed by atoms with E-state index < -0.39 is 5.97 Å². The number of hydrogen-bond donors (Lipinski definition) is 0. The van der Waals surface area contributed by atoms with Crippen LogP contribution in [0.4, 0.5) is 0 Å². The number of ether oxygens (including phenoxy) is 2. The first-order valence-electron chi connectivity index (χ1n) is 10.8. The Morgan fingerprint density at radius 3 is 2.55 bits per heavy atom. The first-order chi connectivity index (χ1) is 15.0. The maximum absolute atomic E-state index is 12.9. The number of amides is 1. The minimum Gasteiger partial charge on any atom is -0.497 e. The lowest BCUT2D eigenvalue weighted by atomic mass is 9.96. The lowest BCUT2D eigenvalue weighted by Gasteiger charge is -2.34. The summed E-state index contributed by atoms with van der Waals surface area (Å²) in [5.74, 6) is 0.826. The SMILES string of the molecule is COC(=O)c1cccc(C(=O)N(C)CC2CCCN(CCc3ccc(OC)cc3)C2)c1. The first kappa shape index (κ1) is 22.8. The van der Waals surface area contributed by atoms with E-state index in [2.05, 4.69) is 17.0 Å². The molecule has 0 aliphatic carbocycles. The molecule has 0 bridgehead atoms. The van der Waals surface area contributed by atoms with Crippen molar-refractivity contribution in [2.45, 2.75) is 19.3 Å². The molecule has 1 heterocycles. The highest BCUT2D eigenvalue weighted by molar-refractivity contribution is 5.97. The second kappa shape index (κ2) is 11.0. The summed E-state index contributed by atoms with van der Waals surface area (Å²) in [6, 6.07) is 15.0. The summed E-state index contributed by atoms with van der Waals surface area (Å²) in [5.41, 5.74) is 2.21. The molecule has 1 amide bonds. The van der Waals surface area contributed by atoms with E-state index in [0.717, 1.165) is 44.6 Å². The van der Waals surface area contributed by atoms with Gasteiger partial charge in [0.05, 0.1) is 19.8 Å². The van der Waals surface area contributed by atoms with Gasteiger partial charge in [-0.05, 0) is 67.6 Å². The maximum Gasteiger partial charge on any atom is 0.337 e. The number of esters is 1. The van der Waals surface area contributed by atoms with Gasteiger partial charge in [0.25, 0.3) is 5.91 Å². The number of carbonyl (C=O) groups is 2. The molecule has 0 radical (unpaired) electrons. The smallest absolute Gasteiger partial charge is 0.337 e. The molecule has 1 fully saturated rings. The van der Waals surface area contributed by atoms with E-state index in [1.54, 1.807) is 36.3 Å². The average Bonchev–Trinajstić information content (AvgIpc) is 2.82. The quantitative estimate of drug-likeness (QED) is 0.607. The van der Waals surface area contributed by atoms with Crippen molar-refractivity contribution < 1.29 is 19.1 Å². The third-order valence-electron chi connectivity index (χ3n) is 5.89. The molecule has 0 spiro atoms. The van der Waals surface area contributed by atoms with Crippen molar-refractivity contribution in [1.82, 2.24) is 9.80 Å². The predicted molar refractivity (Wildman–Crippen MR) is 121 cm³/mol. The fourth-order valence-corrected chi connectivity index (χ4v) is 4.17. The van der Waals surface area contributed by atoms with Crippen molar-refractivity contribution in [3.05, 3.63) is 65.2 Å². The van der Waals surface area contributed by atoms with Crippen molar-refractivity contribution in [1.29, 1.82) is 0 Å². The molecule has 3 rings (SSSR count). The van der Waals surface area contributed by atoms with Crippen LogP contribution in [0.1, 0.15) is 39.1 Å². The predicted octanol–water partition coefficient (Wildman–Crippen LogP) is 3.51. The molecule has 1 aliphatic rings. The van der Waals surface area contributed by atoms with Crippen LogP contribution in [0.2, 0.25) is 0 Å². The van der Waals surface area contributed by atoms with Crippen molar-refractivity contribution in [2.24, 2.45) is 5.92 Å². The Hall–Kier alpha value is -2.86. The molecule has 0 N–H and O–H groups in total. The molecule has 2 aromatic rings. The minimum absolute atomic E-state index is 0.0684. The first-order valence-corrected chi connectivity index (χ1v) is 10.8. The maximum atomic E-state index is 12.9. The van der Waals surface area contributed by atoms with E-state index in [1.807, 2.05) is 19.2 Å². The molecule has 0 saturated carbocycles. The molecule has 6 nitrogen and oxygen atoms in total. The summed E-state index contributed by atoms with van der Waals surface area (Å²) < 4.78 is 9.98. The highest BCUT2D eigenvalue weighted by Gasteiger charge is 2.23. The minimum atomic E-state index is -0.433. The Morgan fingerprint density at radius 2 is 1.84 bits per heavy atom. The topological polar surface area (TPSA) is 59.1 Å². The number of nitrogens with zero attached hydrogens (tertiary/aromatic N) is 2. The van der Waals surface area contributed by atoms with Gasteiger partial charge in [-0.3, -0.25) is 4.79 Å². The van der Waals surface area contributed by atoms with Crippen LogP contribution in [0, 0.1) is 5.92 Å². The van der Waals surface area contributed by atoms with E-state index in [-0.39, 0.29) is 5.91 Å². The van der Waals surface area contributed by atoms with E-state index >= 15 is 0 Å². The van der Waals surface area contributed by atoms with E-state index in [4.69, 9.17) is 9.47 Å². The fourth-order valence-electron chi connectivity index (χ4n) is 4.17. The van der Waals surface area contributed by atoms with Gasteiger partial charge in [-0.15, -0.1) is 0 Å². The number of likely N-dealkylation sites (tertiary alicyclic amines) is 1. The Morgan fingerprint density at radius 1 is 1.10 bits per heavy atom. The molecule has 1 saturated heterocycles. The molecule has 0 aromatic heterocycles. The number of methoxy groups -OCH3 is 2. The highest BCUT2D eigenvalue weighted by Crippen LogP contribution is 2.20. The number of rotatable bonds is 8. The van der Waals surface area contributed by atoms with Crippen LogP contribution in [-0.2, 0) is 11.2 Å². The van der Waals surface area contributed by atoms with Crippen LogP contribution in [0.15, 0.2) is 48.5 Å².